The van der Waals surface area contributed by atoms with Crippen molar-refractivity contribution in [2.45, 2.75) is 10.2 Å². The lowest BCUT2D eigenvalue weighted by Crippen LogP contribution is -2.05. The third-order valence-corrected chi connectivity index (χ3v) is 3.78. The molecule has 0 aliphatic heterocycles. The summed E-state index contributed by atoms with van der Waals surface area (Å²) >= 11 is 18.8. The summed E-state index contributed by atoms with van der Waals surface area (Å²) in [5.74, 6) is -1.23. The van der Waals surface area contributed by atoms with Crippen molar-refractivity contribution < 1.29 is 9.50 Å². The zero-order chi connectivity index (χ0) is 10.9. The van der Waals surface area contributed by atoms with E-state index >= 15 is 0 Å². The Morgan fingerprint density at radius 3 is 2.36 bits per heavy atom. The van der Waals surface area contributed by atoms with Crippen LogP contribution in [0.2, 0.25) is 0 Å². The maximum Gasteiger partial charge on any atom is 0.170 e. The van der Waals surface area contributed by atoms with Gasteiger partial charge in [0.15, 0.2) is 11.6 Å². The number of phenolic OH excluding ortho intramolecular Hbond substituents is 1. The average molecular weight is 369 g/mol. The van der Waals surface area contributed by atoms with Crippen molar-refractivity contribution >= 4 is 57.4 Å². The van der Waals surface area contributed by atoms with Gasteiger partial charge in [0.1, 0.15) is 4.84 Å². The predicted molar refractivity (Wildman–Crippen MR) is 64.9 cm³/mol. The third kappa shape index (κ3) is 2.56. The Hall–Kier alpha value is 0.550. The summed E-state index contributed by atoms with van der Waals surface area (Å²) in [6, 6.07) is 2.79. The number of alkyl halides is 3. The first kappa shape index (κ1) is 12.6. The molecule has 14 heavy (non-hydrogen) atoms. The first-order valence-corrected chi connectivity index (χ1v) is 5.93. The summed E-state index contributed by atoms with van der Waals surface area (Å²) < 4.78 is 14.0. The average Bonchev–Trinajstić information content (AvgIpc) is 2.12. The van der Waals surface area contributed by atoms with Gasteiger partial charge in [0, 0.05) is 9.13 Å². The second-order valence-corrected chi connectivity index (χ2v) is 5.33. The SMILES string of the molecule is Oc1ccc(I)c(C(Cl)C(Cl)Cl)c1F. The lowest BCUT2D eigenvalue weighted by Gasteiger charge is -2.14. The minimum absolute atomic E-state index is 0.127. The van der Waals surface area contributed by atoms with Gasteiger partial charge in [-0.25, -0.2) is 4.39 Å². The molecule has 0 saturated carbocycles. The van der Waals surface area contributed by atoms with E-state index < -0.39 is 21.8 Å². The summed E-state index contributed by atoms with van der Waals surface area (Å²) in [5, 5.41) is 8.25. The molecule has 0 saturated heterocycles. The Morgan fingerprint density at radius 1 is 1.29 bits per heavy atom. The van der Waals surface area contributed by atoms with Crippen LogP contribution in [-0.2, 0) is 0 Å². The van der Waals surface area contributed by atoms with Gasteiger partial charge in [-0.2, -0.15) is 0 Å². The van der Waals surface area contributed by atoms with Crippen LogP contribution in [0.25, 0.3) is 0 Å². The molecule has 0 aliphatic rings. The van der Waals surface area contributed by atoms with Gasteiger partial charge in [-0.15, -0.1) is 34.8 Å². The highest BCUT2D eigenvalue weighted by molar-refractivity contribution is 14.1. The van der Waals surface area contributed by atoms with Crippen molar-refractivity contribution in [3.8, 4) is 5.75 Å². The van der Waals surface area contributed by atoms with Crippen molar-refractivity contribution in [3.05, 3.63) is 27.1 Å². The molecule has 0 bridgehead atoms. The molecule has 1 rings (SSSR count). The molecule has 1 unspecified atom stereocenters. The Kier molecular flexibility index (Phi) is 4.56. The Labute approximate surface area is 109 Å². The third-order valence-electron chi connectivity index (χ3n) is 1.60. The van der Waals surface area contributed by atoms with Crippen LogP contribution in [0.5, 0.6) is 5.75 Å². The number of rotatable bonds is 2. The van der Waals surface area contributed by atoms with Gasteiger partial charge in [0.25, 0.3) is 0 Å². The smallest absolute Gasteiger partial charge is 0.170 e. The second kappa shape index (κ2) is 5.05. The van der Waals surface area contributed by atoms with Gasteiger partial charge in [-0.3, -0.25) is 0 Å². The topological polar surface area (TPSA) is 20.2 Å². The van der Waals surface area contributed by atoms with Crippen LogP contribution in [0.15, 0.2) is 12.1 Å². The van der Waals surface area contributed by atoms with E-state index in [-0.39, 0.29) is 5.56 Å². The summed E-state index contributed by atoms with van der Waals surface area (Å²) in [7, 11) is 0. The minimum Gasteiger partial charge on any atom is -0.505 e. The molecule has 1 N–H and O–H groups in total. The van der Waals surface area contributed by atoms with Crippen LogP contribution < -0.4 is 0 Å². The number of hydrogen-bond acceptors (Lipinski definition) is 1. The molecule has 6 heteroatoms. The molecule has 0 heterocycles. The van der Waals surface area contributed by atoms with Crippen LogP contribution in [0.3, 0.4) is 0 Å². The van der Waals surface area contributed by atoms with Crippen LogP contribution in [0.4, 0.5) is 4.39 Å². The monoisotopic (exact) mass is 368 g/mol. The molecule has 1 atom stereocenters. The highest BCUT2D eigenvalue weighted by Crippen LogP contribution is 2.37. The van der Waals surface area contributed by atoms with E-state index in [1.807, 2.05) is 22.6 Å². The molecular formula is C8H5Cl3FIO. The van der Waals surface area contributed by atoms with E-state index in [9.17, 15) is 4.39 Å². The minimum atomic E-state index is -0.929. The van der Waals surface area contributed by atoms with Crippen molar-refractivity contribution in [2.24, 2.45) is 0 Å². The van der Waals surface area contributed by atoms with E-state index in [0.717, 1.165) is 0 Å². The van der Waals surface area contributed by atoms with Crippen LogP contribution in [0.1, 0.15) is 10.9 Å². The summed E-state index contributed by atoms with van der Waals surface area (Å²) in [5.41, 5.74) is 0.127. The number of aromatic hydroxyl groups is 1. The quantitative estimate of drug-likeness (QED) is 0.611. The molecule has 0 spiro atoms. The molecule has 0 aliphatic carbocycles. The molecule has 1 nitrogen and oxygen atoms in total. The lowest BCUT2D eigenvalue weighted by molar-refractivity contribution is 0.428. The van der Waals surface area contributed by atoms with Gasteiger partial charge in [-0.1, -0.05) is 0 Å². The molecule has 0 aromatic heterocycles. The van der Waals surface area contributed by atoms with Gasteiger partial charge < -0.3 is 5.11 Å². The number of benzene rings is 1. The van der Waals surface area contributed by atoms with Crippen LogP contribution in [0, 0.1) is 9.39 Å². The Bertz CT molecular complexity index is 346. The normalized spacial score (nSPS) is 13.3. The van der Waals surface area contributed by atoms with E-state index in [2.05, 4.69) is 0 Å². The van der Waals surface area contributed by atoms with E-state index in [0.29, 0.717) is 3.57 Å². The first-order chi connectivity index (χ1) is 6.45. The summed E-state index contributed by atoms with van der Waals surface area (Å²) in [6.07, 6.45) is 0. The van der Waals surface area contributed by atoms with Crippen molar-refractivity contribution in [1.82, 2.24) is 0 Å². The van der Waals surface area contributed by atoms with Crippen LogP contribution >= 0.6 is 57.4 Å². The van der Waals surface area contributed by atoms with Crippen molar-refractivity contribution in [1.29, 1.82) is 0 Å². The zero-order valence-corrected chi connectivity index (χ0v) is 11.1. The maximum absolute atomic E-state index is 13.4. The Balaban J connectivity index is 3.25. The van der Waals surface area contributed by atoms with E-state index in [1.54, 1.807) is 6.07 Å². The molecule has 0 radical (unpaired) electrons. The fraction of sp³-hybridized carbons (Fsp3) is 0.250. The van der Waals surface area contributed by atoms with Crippen molar-refractivity contribution in [3.63, 3.8) is 0 Å². The van der Waals surface area contributed by atoms with E-state index in [4.69, 9.17) is 39.9 Å². The summed E-state index contributed by atoms with van der Waals surface area (Å²) in [4.78, 5) is -0.929. The second-order valence-electron chi connectivity index (χ2n) is 2.53. The molecule has 78 valence electrons. The van der Waals surface area contributed by atoms with Gasteiger partial charge in [0.05, 0.1) is 5.38 Å². The molecule has 0 amide bonds. The van der Waals surface area contributed by atoms with Gasteiger partial charge >= 0.3 is 0 Å². The maximum atomic E-state index is 13.4. The zero-order valence-electron chi connectivity index (χ0n) is 6.65. The molecular weight excluding hydrogens is 364 g/mol. The predicted octanol–water partition coefficient (Wildman–Crippen LogP) is 4.22. The molecule has 1 aromatic carbocycles. The van der Waals surface area contributed by atoms with E-state index in [1.165, 1.54) is 6.07 Å². The number of phenols is 1. The lowest BCUT2D eigenvalue weighted by atomic mass is 10.1. The largest absolute Gasteiger partial charge is 0.505 e. The van der Waals surface area contributed by atoms with Gasteiger partial charge in [-0.05, 0) is 34.7 Å². The van der Waals surface area contributed by atoms with Crippen molar-refractivity contribution in [2.75, 3.05) is 0 Å². The first-order valence-electron chi connectivity index (χ1n) is 3.54. The molecule has 0 fully saturated rings. The Morgan fingerprint density at radius 2 is 1.86 bits per heavy atom. The fourth-order valence-electron chi connectivity index (χ4n) is 0.937. The number of halogens is 5. The molecule has 1 aromatic rings. The highest BCUT2D eigenvalue weighted by Gasteiger charge is 2.24. The standard InChI is InChI=1S/C8H5Cl3FIO/c9-6(8(10)11)5-3(13)1-2-4(14)7(5)12/h1-2,6,8,14H. The van der Waals surface area contributed by atoms with Gasteiger partial charge in [0.2, 0.25) is 0 Å². The van der Waals surface area contributed by atoms with Crippen LogP contribution in [-0.4, -0.2) is 9.94 Å². The fourth-order valence-corrected chi connectivity index (χ4v) is 2.34. The summed E-state index contributed by atoms with van der Waals surface area (Å²) in [6.45, 7) is 0. The number of hydrogen-bond donors (Lipinski definition) is 1. The highest BCUT2D eigenvalue weighted by atomic mass is 127.